The van der Waals surface area contributed by atoms with Gasteiger partial charge < -0.3 is 5.32 Å². The molecule has 18 heavy (non-hydrogen) atoms. The van der Waals surface area contributed by atoms with Crippen LogP contribution >= 0.6 is 0 Å². The lowest BCUT2D eigenvalue weighted by Crippen LogP contribution is -2.40. The molecule has 4 nitrogen and oxygen atoms in total. The van der Waals surface area contributed by atoms with Crippen LogP contribution < -0.4 is 10.0 Å². The maximum absolute atomic E-state index is 11.5. The third-order valence-electron chi connectivity index (χ3n) is 4.17. The Morgan fingerprint density at radius 1 is 1.33 bits per heavy atom. The van der Waals surface area contributed by atoms with Gasteiger partial charge in [0.25, 0.3) is 0 Å². The van der Waals surface area contributed by atoms with E-state index in [2.05, 4.69) is 29.1 Å². The van der Waals surface area contributed by atoms with Gasteiger partial charge >= 0.3 is 0 Å². The van der Waals surface area contributed by atoms with Crippen molar-refractivity contribution >= 4 is 10.0 Å². The smallest absolute Gasteiger partial charge is 0.212 e. The molecule has 0 aromatic rings. The Morgan fingerprint density at radius 2 is 2.11 bits per heavy atom. The van der Waals surface area contributed by atoms with Gasteiger partial charge in [0.15, 0.2) is 0 Å². The molecule has 0 spiro atoms. The summed E-state index contributed by atoms with van der Waals surface area (Å²) >= 11 is 0. The second kappa shape index (κ2) is 5.72. The number of hydrogen-bond acceptors (Lipinski definition) is 3. The quantitative estimate of drug-likeness (QED) is 0.683. The van der Waals surface area contributed by atoms with Crippen LogP contribution in [-0.2, 0) is 10.0 Å². The first-order valence-corrected chi connectivity index (χ1v) is 8.56. The number of hydrogen-bond donors (Lipinski definition) is 2. The van der Waals surface area contributed by atoms with Gasteiger partial charge in [0.05, 0.1) is 5.75 Å². The van der Waals surface area contributed by atoms with Gasteiger partial charge in [-0.25, -0.2) is 13.1 Å². The number of rotatable bonds is 7. The molecule has 2 aliphatic rings. The fourth-order valence-electron chi connectivity index (χ4n) is 3.26. The fraction of sp³-hybridized carbons (Fsp3) is 0.846. The van der Waals surface area contributed by atoms with Crippen LogP contribution in [0.5, 0.6) is 0 Å². The van der Waals surface area contributed by atoms with E-state index in [0.29, 0.717) is 31.0 Å². The van der Waals surface area contributed by atoms with E-state index in [0.717, 1.165) is 5.92 Å². The monoisotopic (exact) mass is 272 g/mol. The zero-order valence-electron chi connectivity index (χ0n) is 11.2. The molecule has 0 aromatic heterocycles. The van der Waals surface area contributed by atoms with E-state index in [1.165, 1.54) is 12.8 Å². The first kappa shape index (κ1) is 14.0. The fourth-order valence-corrected chi connectivity index (χ4v) is 4.23. The van der Waals surface area contributed by atoms with Crippen LogP contribution in [-0.4, -0.2) is 33.3 Å². The molecule has 2 aliphatic carbocycles. The van der Waals surface area contributed by atoms with Gasteiger partial charge in [-0.1, -0.05) is 19.1 Å². The highest BCUT2D eigenvalue weighted by atomic mass is 32.2. The van der Waals surface area contributed by atoms with Gasteiger partial charge in [0.1, 0.15) is 0 Å². The number of fused-ring (bicyclic) bond motifs is 2. The zero-order chi connectivity index (χ0) is 13.2. The maximum atomic E-state index is 11.5. The standard InChI is InChI=1S/C13H24N2O2S/c1-3-15-18(16,17)7-6-14-10(2)13-9-11-4-5-12(13)8-11/h4-5,10-15H,3,6-9H2,1-2H3. The average Bonchev–Trinajstić information content (AvgIpc) is 2.90. The van der Waals surface area contributed by atoms with Crippen molar-refractivity contribution in [1.29, 1.82) is 0 Å². The molecule has 0 radical (unpaired) electrons. The Labute approximate surface area is 110 Å². The van der Waals surface area contributed by atoms with Crippen LogP contribution in [0.3, 0.4) is 0 Å². The van der Waals surface area contributed by atoms with Gasteiger partial charge in [0, 0.05) is 19.1 Å². The third-order valence-corrected chi connectivity index (χ3v) is 5.64. The van der Waals surface area contributed by atoms with E-state index < -0.39 is 10.0 Å². The van der Waals surface area contributed by atoms with Crippen molar-refractivity contribution in [2.45, 2.75) is 32.7 Å². The van der Waals surface area contributed by atoms with Crippen molar-refractivity contribution in [3.8, 4) is 0 Å². The Balaban J connectivity index is 1.73. The molecule has 2 N–H and O–H groups in total. The number of allylic oxidation sites excluding steroid dienone is 2. The van der Waals surface area contributed by atoms with Crippen LogP contribution in [0.25, 0.3) is 0 Å². The van der Waals surface area contributed by atoms with E-state index in [1.807, 2.05) is 0 Å². The lowest BCUT2D eigenvalue weighted by molar-refractivity contribution is 0.332. The molecule has 4 unspecified atom stereocenters. The first-order chi connectivity index (χ1) is 8.52. The van der Waals surface area contributed by atoms with E-state index in [4.69, 9.17) is 0 Å². The first-order valence-electron chi connectivity index (χ1n) is 6.91. The van der Waals surface area contributed by atoms with Crippen molar-refractivity contribution < 1.29 is 8.42 Å². The molecule has 0 heterocycles. The molecule has 5 heteroatoms. The van der Waals surface area contributed by atoms with Gasteiger partial charge in [-0.05, 0) is 37.5 Å². The Kier molecular flexibility index (Phi) is 4.45. The second-order valence-corrected chi connectivity index (χ2v) is 7.43. The summed E-state index contributed by atoms with van der Waals surface area (Å²) in [5.41, 5.74) is 0. The molecular weight excluding hydrogens is 248 g/mol. The van der Waals surface area contributed by atoms with Gasteiger partial charge in [-0.3, -0.25) is 0 Å². The molecule has 0 aromatic carbocycles. The minimum atomic E-state index is -3.09. The normalized spacial score (nSPS) is 32.0. The summed E-state index contributed by atoms with van der Waals surface area (Å²) in [6, 6.07) is 0.404. The topological polar surface area (TPSA) is 58.2 Å². The summed E-state index contributed by atoms with van der Waals surface area (Å²) in [5, 5.41) is 3.37. The van der Waals surface area contributed by atoms with Crippen molar-refractivity contribution in [2.75, 3.05) is 18.8 Å². The van der Waals surface area contributed by atoms with Crippen LogP contribution in [0.2, 0.25) is 0 Å². The summed E-state index contributed by atoms with van der Waals surface area (Å²) in [5.74, 6) is 2.33. The lowest BCUT2D eigenvalue weighted by atomic mass is 9.87. The molecule has 0 aliphatic heterocycles. The third kappa shape index (κ3) is 3.33. The highest BCUT2D eigenvalue weighted by molar-refractivity contribution is 7.89. The molecule has 1 saturated carbocycles. The van der Waals surface area contributed by atoms with Crippen molar-refractivity contribution in [3.05, 3.63) is 12.2 Å². The molecule has 4 atom stereocenters. The van der Waals surface area contributed by atoms with E-state index in [-0.39, 0.29) is 5.75 Å². The SMILES string of the molecule is CCNS(=O)(=O)CCNC(C)C1CC2C=CC1C2. The van der Waals surface area contributed by atoms with Crippen LogP contribution in [0.15, 0.2) is 12.2 Å². The largest absolute Gasteiger partial charge is 0.313 e. The Bertz CT molecular complexity index is 405. The van der Waals surface area contributed by atoms with E-state index in [9.17, 15) is 8.42 Å². The highest BCUT2D eigenvalue weighted by Gasteiger charge is 2.38. The van der Waals surface area contributed by atoms with Gasteiger partial charge in [-0.15, -0.1) is 0 Å². The van der Waals surface area contributed by atoms with E-state index >= 15 is 0 Å². The summed E-state index contributed by atoms with van der Waals surface area (Å²) < 4.78 is 25.5. The highest BCUT2D eigenvalue weighted by Crippen LogP contribution is 2.44. The molecular formula is C13H24N2O2S. The predicted molar refractivity (Wildman–Crippen MR) is 73.8 cm³/mol. The van der Waals surface area contributed by atoms with Gasteiger partial charge in [0.2, 0.25) is 10.0 Å². The minimum Gasteiger partial charge on any atom is -0.313 e. The van der Waals surface area contributed by atoms with Crippen molar-refractivity contribution in [3.63, 3.8) is 0 Å². The average molecular weight is 272 g/mol. The van der Waals surface area contributed by atoms with Crippen LogP contribution in [0.1, 0.15) is 26.7 Å². The molecule has 2 bridgehead atoms. The van der Waals surface area contributed by atoms with Crippen LogP contribution in [0.4, 0.5) is 0 Å². The Morgan fingerprint density at radius 3 is 2.67 bits per heavy atom. The molecule has 1 fully saturated rings. The molecule has 2 rings (SSSR count). The zero-order valence-corrected chi connectivity index (χ0v) is 12.0. The minimum absolute atomic E-state index is 0.168. The number of nitrogens with one attached hydrogen (secondary N) is 2. The predicted octanol–water partition coefficient (Wildman–Crippen LogP) is 1.12. The molecule has 104 valence electrons. The van der Waals surface area contributed by atoms with Crippen molar-refractivity contribution in [2.24, 2.45) is 17.8 Å². The lowest BCUT2D eigenvalue weighted by Gasteiger charge is -2.26. The summed E-state index contributed by atoms with van der Waals surface area (Å²) in [4.78, 5) is 0. The Hall–Kier alpha value is -0.390. The molecule has 0 saturated heterocycles. The molecule has 0 amide bonds. The van der Waals surface area contributed by atoms with E-state index in [1.54, 1.807) is 6.92 Å². The summed E-state index contributed by atoms with van der Waals surface area (Å²) in [6.45, 7) is 4.98. The van der Waals surface area contributed by atoms with Gasteiger partial charge in [-0.2, -0.15) is 0 Å². The summed E-state index contributed by atoms with van der Waals surface area (Å²) in [6.07, 6.45) is 7.23. The van der Waals surface area contributed by atoms with Crippen molar-refractivity contribution in [1.82, 2.24) is 10.0 Å². The van der Waals surface area contributed by atoms with Crippen LogP contribution in [0, 0.1) is 17.8 Å². The number of sulfonamides is 1. The second-order valence-electron chi connectivity index (χ2n) is 5.50. The maximum Gasteiger partial charge on any atom is 0.212 e. The summed E-state index contributed by atoms with van der Waals surface area (Å²) in [7, 11) is -3.09.